The number of aromatic nitrogens is 2. The third-order valence-corrected chi connectivity index (χ3v) is 7.06. The van der Waals surface area contributed by atoms with Gasteiger partial charge in [-0.15, -0.1) is 0 Å². The molecule has 0 fully saturated rings. The highest BCUT2D eigenvalue weighted by atomic mass is 19.1. The summed E-state index contributed by atoms with van der Waals surface area (Å²) in [5, 5.41) is 24.1. The van der Waals surface area contributed by atoms with E-state index in [-0.39, 0.29) is 5.82 Å². The van der Waals surface area contributed by atoms with Crippen LogP contribution in [0, 0.1) is 28.5 Å². The van der Waals surface area contributed by atoms with E-state index >= 15 is 0 Å². The first kappa shape index (κ1) is 20.9. The Morgan fingerprint density at radius 1 is 0.514 bits per heavy atom. The molecule has 0 radical (unpaired) electrons. The molecule has 4 nitrogen and oxygen atoms in total. The number of nitrogens with zero attached hydrogens (tertiary/aromatic N) is 4. The first-order valence-electron chi connectivity index (χ1n) is 11.9. The second kappa shape index (κ2) is 7.81. The Morgan fingerprint density at radius 3 is 1.59 bits per heavy atom. The molecule has 0 aliphatic heterocycles. The van der Waals surface area contributed by atoms with Crippen molar-refractivity contribution in [2.24, 2.45) is 0 Å². The lowest BCUT2D eigenvalue weighted by Crippen LogP contribution is -2.01. The molecule has 172 valence electrons. The topological polar surface area (TPSA) is 57.4 Å². The van der Waals surface area contributed by atoms with E-state index in [9.17, 15) is 14.9 Å². The normalized spacial score (nSPS) is 11.3. The van der Waals surface area contributed by atoms with E-state index < -0.39 is 0 Å². The number of nitriles is 2. The van der Waals surface area contributed by atoms with Crippen LogP contribution in [0.15, 0.2) is 103 Å². The minimum absolute atomic E-state index is 0.278. The molecule has 7 rings (SSSR count). The minimum Gasteiger partial charge on any atom is -0.309 e. The van der Waals surface area contributed by atoms with Gasteiger partial charge < -0.3 is 9.13 Å². The first-order chi connectivity index (χ1) is 18.2. The molecular formula is C32H17FN4. The summed E-state index contributed by atoms with van der Waals surface area (Å²) in [5.74, 6) is -0.278. The Bertz CT molecular complexity index is 2080. The van der Waals surface area contributed by atoms with E-state index in [0.29, 0.717) is 16.8 Å². The zero-order valence-corrected chi connectivity index (χ0v) is 19.5. The Morgan fingerprint density at radius 2 is 1.03 bits per heavy atom. The quantitative estimate of drug-likeness (QED) is 0.256. The van der Waals surface area contributed by atoms with E-state index in [1.54, 1.807) is 30.3 Å². The summed E-state index contributed by atoms with van der Waals surface area (Å²) in [6, 6.07) is 36.7. The Labute approximate surface area is 211 Å². The van der Waals surface area contributed by atoms with Gasteiger partial charge in [0.05, 0.1) is 38.9 Å². The van der Waals surface area contributed by atoms with Gasteiger partial charge in [-0.05, 0) is 60.7 Å². The minimum atomic E-state index is -0.278. The monoisotopic (exact) mass is 476 g/mol. The number of rotatable bonds is 2. The van der Waals surface area contributed by atoms with Crippen LogP contribution in [0.4, 0.5) is 4.39 Å². The predicted molar refractivity (Wildman–Crippen MR) is 145 cm³/mol. The van der Waals surface area contributed by atoms with Crippen molar-refractivity contribution in [1.82, 2.24) is 9.13 Å². The van der Waals surface area contributed by atoms with Crippen molar-refractivity contribution < 1.29 is 4.39 Å². The molecular weight excluding hydrogens is 459 g/mol. The zero-order chi connectivity index (χ0) is 25.1. The molecule has 0 bridgehead atoms. The molecule has 0 spiro atoms. The highest BCUT2D eigenvalue weighted by molar-refractivity contribution is 6.28. The van der Waals surface area contributed by atoms with Gasteiger partial charge in [0.25, 0.3) is 0 Å². The van der Waals surface area contributed by atoms with Gasteiger partial charge in [-0.1, -0.05) is 42.5 Å². The van der Waals surface area contributed by atoms with E-state index in [1.165, 1.54) is 12.1 Å². The summed E-state index contributed by atoms with van der Waals surface area (Å²) < 4.78 is 18.0. The zero-order valence-electron chi connectivity index (χ0n) is 19.5. The molecule has 5 aromatic carbocycles. The van der Waals surface area contributed by atoms with Crippen molar-refractivity contribution in [1.29, 1.82) is 10.5 Å². The molecule has 0 atom stereocenters. The van der Waals surface area contributed by atoms with E-state index in [4.69, 9.17) is 0 Å². The van der Waals surface area contributed by atoms with Crippen molar-refractivity contribution in [3.8, 4) is 23.5 Å². The highest BCUT2D eigenvalue weighted by Gasteiger charge is 2.22. The van der Waals surface area contributed by atoms with Gasteiger partial charge in [0, 0.05) is 27.2 Å². The SMILES string of the molecule is N#Cc1cccc(C#N)c1-n1c2ccccc2c2c3c4ccccc4n(-c4ccc(F)cc4)c3ccc21. The number of fused-ring (bicyclic) bond motifs is 7. The average Bonchev–Trinajstić information content (AvgIpc) is 3.45. The van der Waals surface area contributed by atoms with Gasteiger partial charge in [0.2, 0.25) is 0 Å². The van der Waals surface area contributed by atoms with Crippen LogP contribution in [0.5, 0.6) is 0 Å². The molecule has 0 unspecified atom stereocenters. The fourth-order valence-corrected chi connectivity index (χ4v) is 5.59. The van der Waals surface area contributed by atoms with Crippen molar-refractivity contribution in [2.45, 2.75) is 0 Å². The number of halogens is 1. The molecule has 0 aliphatic rings. The van der Waals surface area contributed by atoms with Crippen LogP contribution < -0.4 is 0 Å². The lowest BCUT2D eigenvalue weighted by molar-refractivity contribution is 0.627. The van der Waals surface area contributed by atoms with Crippen LogP contribution in [0.2, 0.25) is 0 Å². The summed E-state index contributed by atoms with van der Waals surface area (Å²) in [7, 11) is 0. The van der Waals surface area contributed by atoms with Gasteiger partial charge in [-0.3, -0.25) is 0 Å². The maximum Gasteiger partial charge on any atom is 0.123 e. The van der Waals surface area contributed by atoms with E-state index in [1.807, 2.05) is 41.0 Å². The molecule has 0 saturated carbocycles. The second-order valence-electron chi connectivity index (χ2n) is 8.96. The van der Waals surface area contributed by atoms with Crippen molar-refractivity contribution >= 4 is 43.6 Å². The summed E-state index contributed by atoms with van der Waals surface area (Å²) in [4.78, 5) is 0. The van der Waals surface area contributed by atoms with E-state index in [2.05, 4.69) is 41.0 Å². The Balaban J connectivity index is 1.72. The number of hydrogen-bond donors (Lipinski definition) is 0. The molecule has 0 saturated heterocycles. The van der Waals surface area contributed by atoms with Crippen molar-refractivity contribution in [3.63, 3.8) is 0 Å². The maximum atomic E-state index is 13.8. The third kappa shape index (κ3) is 2.86. The Kier molecular flexibility index (Phi) is 4.42. The summed E-state index contributed by atoms with van der Waals surface area (Å²) in [6.07, 6.45) is 0. The predicted octanol–water partition coefficient (Wildman–Crippen LogP) is 7.76. The molecule has 2 aromatic heterocycles. The van der Waals surface area contributed by atoms with Crippen LogP contribution in [-0.2, 0) is 0 Å². The first-order valence-corrected chi connectivity index (χ1v) is 11.9. The lowest BCUT2D eigenvalue weighted by atomic mass is 10.1. The number of hydrogen-bond acceptors (Lipinski definition) is 2. The van der Waals surface area contributed by atoms with Crippen LogP contribution in [0.3, 0.4) is 0 Å². The molecule has 5 heteroatoms. The van der Waals surface area contributed by atoms with Gasteiger partial charge in [0.15, 0.2) is 0 Å². The largest absolute Gasteiger partial charge is 0.309 e. The fourth-order valence-electron chi connectivity index (χ4n) is 5.59. The number of benzene rings is 5. The van der Waals surface area contributed by atoms with Gasteiger partial charge in [0.1, 0.15) is 18.0 Å². The fraction of sp³-hybridized carbons (Fsp3) is 0. The van der Waals surface area contributed by atoms with Gasteiger partial charge in [-0.25, -0.2) is 4.39 Å². The van der Waals surface area contributed by atoms with Crippen LogP contribution in [0.1, 0.15) is 11.1 Å². The smallest absolute Gasteiger partial charge is 0.123 e. The Hall–Kier alpha value is -5.39. The molecule has 2 heterocycles. The standard InChI is InChI=1S/C32H17FN4/c33-22-12-14-23(15-13-22)36-26-10-3-1-8-24(26)30-28(36)16-17-29-31(30)25-9-2-4-11-27(25)37(29)32-20(18-34)6-5-7-21(32)19-35/h1-17H. The highest BCUT2D eigenvalue weighted by Crippen LogP contribution is 2.42. The summed E-state index contributed by atoms with van der Waals surface area (Å²) >= 11 is 0. The average molecular weight is 477 g/mol. The summed E-state index contributed by atoms with van der Waals surface area (Å²) in [6.45, 7) is 0. The molecule has 0 N–H and O–H groups in total. The van der Waals surface area contributed by atoms with Crippen LogP contribution >= 0.6 is 0 Å². The molecule has 0 aliphatic carbocycles. The number of para-hydroxylation sites is 3. The van der Waals surface area contributed by atoms with E-state index in [0.717, 1.165) is 49.3 Å². The lowest BCUT2D eigenvalue weighted by Gasteiger charge is -2.12. The maximum absolute atomic E-state index is 13.8. The third-order valence-electron chi connectivity index (χ3n) is 7.06. The van der Waals surface area contributed by atoms with Crippen molar-refractivity contribution in [2.75, 3.05) is 0 Å². The van der Waals surface area contributed by atoms with Gasteiger partial charge in [-0.2, -0.15) is 10.5 Å². The van der Waals surface area contributed by atoms with Gasteiger partial charge >= 0.3 is 0 Å². The summed E-state index contributed by atoms with van der Waals surface area (Å²) in [5.41, 5.74) is 6.18. The second-order valence-corrected chi connectivity index (χ2v) is 8.96. The molecule has 7 aromatic rings. The van der Waals surface area contributed by atoms with Crippen molar-refractivity contribution in [3.05, 3.63) is 120 Å². The molecule has 37 heavy (non-hydrogen) atoms. The molecule has 0 amide bonds. The van der Waals surface area contributed by atoms with Crippen LogP contribution in [0.25, 0.3) is 55.0 Å². The van der Waals surface area contributed by atoms with Crippen LogP contribution in [-0.4, -0.2) is 9.13 Å².